The van der Waals surface area contributed by atoms with E-state index in [9.17, 15) is 24.8 Å². The van der Waals surface area contributed by atoms with Gasteiger partial charge in [-0.2, -0.15) is 0 Å². The highest BCUT2D eigenvalue weighted by Gasteiger charge is 2.39. The zero-order valence-corrected chi connectivity index (χ0v) is 14.3. The van der Waals surface area contributed by atoms with Crippen LogP contribution >= 0.6 is 0 Å². The molecule has 0 spiro atoms. The molecule has 1 aromatic rings. The molecule has 7 nitrogen and oxygen atoms in total. The molecule has 1 atom stereocenters. The van der Waals surface area contributed by atoms with Crippen molar-refractivity contribution in [3.8, 4) is 0 Å². The van der Waals surface area contributed by atoms with Crippen LogP contribution in [-0.4, -0.2) is 21.8 Å². The number of aliphatic carboxylic acids is 1. The topological polar surface area (TPSA) is 110 Å². The lowest BCUT2D eigenvalue weighted by Crippen LogP contribution is -2.32. The van der Waals surface area contributed by atoms with E-state index in [1.165, 1.54) is 25.1 Å². The normalized spacial score (nSPS) is 17.3. The molecule has 0 amide bonds. The molecular weight excluding hydrogens is 324 g/mol. The number of para-hydroxylation sites is 1. The molecule has 2 rings (SSSR count). The van der Waals surface area contributed by atoms with Crippen LogP contribution < -0.4 is 5.32 Å². The molecular formula is C18H20N2O5. The number of nitrogens with one attached hydrogen (secondary N) is 1. The van der Waals surface area contributed by atoms with Crippen LogP contribution in [0.5, 0.6) is 0 Å². The molecule has 0 fully saturated rings. The molecule has 1 aliphatic heterocycles. The smallest absolute Gasteiger partial charge is 0.334 e. The predicted molar refractivity (Wildman–Crippen MR) is 91.9 cm³/mol. The number of nitro groups is 1. The quantitative estimate of drug-likeness (QED) is 0.605. The first kappa shape index (κ1) is 18.4. The van der Waals surface area contributed by atoms with Crippen molar-refractivity contribution < 1.29 is 19.6 Å². The number of dihydropyridines is 1. The van der Waals surface area contributed by atoms with Crippen LogP contribution in [0.4, 0.5) is 5.69 Å². The summed E-state index contributed by atoms with van der Waals surface area (Å²) in [6.07, 6.45) is 0.899. The number of carboxylic acid groups (broad SMARTS) is 1. The molecule has 0 bridgehead atoms. The lowest BCUT2D eigenvalue weighted by molar-refractivity contribution is -0.385. The number of nitro benzene ring substituents is 1. The zero-order chi connectivity index (χ0) is 18.7. The third-order valence-electron chi connectivity index (χ3n) is 4.29. The lowest BCUT2D eigenvalue weighted by Gasteiger charge is -2.31. The van der Waals surface area contributed by atoms with E-state index in [2.05, 4.69) is 5.32 Å². The number of nitrogens with zero attached hydrogens (tertiary/aromatic N) is 1. The average molecular weight is 344 g/mol. The van der Waals surface area contributed by atoms with E-state index in [0.717, 1.165) is 0 Å². The van der Waals surface area contributed by atoms with Crippen LogP contribution in [0.15, 0.2) is 46.8 Å². The Morgan fingerprint density at radius 3 is 2.20 bits per heavy atom. The van der Waals surface area contributed by atoms with Crippen LogP contribution in [0, 0.1) is 10.1 Å². The highest BCUT2D eigenvalue weighted by atomic mass is 16.6. The van der Waals surface area contributed by atoms with Crippen LogP contribution in [0.2, 0.25) is 0 Å². The number of benzene rings is 1. The Bertz CT molecular complexity index is 769. The monoisotopic (exact) mass is 344 g/mol. The fourth-order valence-electron chi connectivity index (χ4n) is 3.24. The van der Waals surface area contributed by atoms with E-state index < -0.39 is 16.8 Å². The second kappa shape index (κ2) is 7.29. The van der Waals surface area contributed by atoms with Crippen molar-refractivity contribution in [3.05, 3.63) is 62.5 Å². The summed E-state index contributed by atoms with van der Waals surface area (Å²) < 4.78 is 0. The second-order valence-corrected chi connectivity index (χ2v) is 5.73. The number of carbonyl (C=O) groups is 2. The summed E-state index contributed by atoms with van der Waals surface area (Å²) in [6.45, 7) is 5.00. The van der Waals surface area contributed by atoms with Crippen molar-refractivity contribution in [1.82, 2.24) is 5.32 Å². The molecule has 0 saturated carbocycles. The van der Waals surface area contributed by atoms with Crippen molar-refractivity contribution in [2.24, 2.45) is 0 Å². The molecule has 1 heterocycles. The molecule has 7 heteroatoms. The van der Waals surface area contributed by atoms with Gasteiger partial charge in [0.2, 0.25) is 0 Å². The van der Waals surface area contributed by atoms with E-state index in [4.69, 9.17) is 0 Å². The maximum atomic E-state index is 12.3. The van der Waals surface area contributed by atoms with Crippen molar-refractivity contribution >= 4 is 17.4 Å². The largest absolute Gasteiger partial charge is 0.478 e. The van der Waals surface area contributed by atoms with Gasteiger partial charge in [-0.05, 0) is 19.8 Å². The third-order valence-corrected chi connectivity index (χ3v) is 4.29. The van der Waals surface area contributed by atoms with Gasteiger partial charge in [-0.3, -0.25) is 14.9 Å². The van der Waals surface area contributed by atoms with Crippen molar-refractivity contribution in [2.75, 3.05) is 0 Å². The number of hydrogen-bond donors (Lipinski definition) is 2. The average Bonchev–Trinajstić information content (AvgIpc) is 2.59. The van der Waals surface area contributed by atoms with Crippen LogP contribution in [0.1, 0.15) is 45.1 Å². The Labute approximate surface area is 145 Å². The van der Waals surface area contributed by atoms with Gasteiger partial charge < -0.3 is 10.4 Å². The van der Waals surface area contributed by atoms with Gasteiger partial charge >= 0.3 is 5.97 Å². The van der Waals surface area contributed by atoms with Gasteiger partial charge in [-0.15, -0.1) is 0 Å². The van der Waals surface area contributed by atoms with Gasteiger partial charge in [0.1, 0.15) is 0 Å². The Morgan fingerprint density at radius 2 is 1.72 bits per heavy atom. The molecule has 0 aromatic heterocycles. The van der Waals surface area contributed by atoms with Crippen LogP contribution in [0.25, 0.3) is 0 Å². The first-order valence-electron chi connectivity index (χ1n) is 8.04. The number of hydrogen-bond acceptors (Lipinski definition) is 5. The molecule has 1 aromatic carbocycles. The fraction of sp³-hybridized carbons (Fsp3) is 0.333. The van der Waals surface area contributed by atoms with Gasteiger partial charge in [0.05, 0.1) is 16.4 Å². The van der Waals surface area contributed by atoms with Gasteiger partial charge in [-0.1, -0.05) is 32.0 Å². The number of Topliss-reactive ketones (excluding diaryl/α,β-unsaturated/α-hetero) is 1. The van der Waals surface area contributed by atoms with E-state index in [1.807, 2.05) is 6.92 Å². The highest BCUT2D eigenvalue weighted by molar-refractivity contribution is 6.02. The molecule has 1 aliphatic rings. The molecule has 0 aliphatic carbocycles. The zero-order valence-electron chi connectivity index (χ0n) is 14.3. The minimum Gasteiger partial charge on any atom is -0.478 e. The second-order valence-electron chi connectivity index (χ2n) is 5.73. The summed E-state index contributed by atoms with van der Waals surface area (Å²) in [6, 6.07) is 5.97. The van der Waals surface area contributed by atoms with Crippen molar-refractivity contribution in [2.45, 2.75) is 39.5 Å². The molecule has 0 saturated heterocycles. The fourth-order valence-corrected chi connectivity index (χ4v) is 3.24. The first-order valence-corrected chi connectivity index (χ1v) is 8.04. The van der Waals surface area contributed by atoms with Gasteiger partial charge in [0.25, 0.3) is 5.69 Å². The van der Waals surface area contributed by atoms with Crippen LogP contribution in [0.3, 0.4) is 0 Å². The molecule has 0 radical (unpaired) electrons. The molecule has 1 unspecified atom stereocenters. The molecule has 2 N–H and O–H groups in total. The van der Waals surface area contributed by atoms with Crippen molar-refractivity contribution in [1.29, 1.82) is 0 Å². The van der Waals surface area contributed by atoms with Gasteiger partial charge in [-0.25, -0.2) is 4.79 Å². The Balaban J connectivity index is 2.86. The Hall–Kier alpha value is -2.96. The maximum Gasteiger partial charge on any atom is 0.334 e. The van der Waals surface area contributed by atoms with E-state index in [0.29, 0.717) is 24.2 Å². The lowest BCUT2D eigenvalue weighted by atomic mass is 9.77. The number of ketones is 1. The number of carbonyl (C=O) groups excluding carboxylic acids is 1. The standard InChI is InChI=1S/C18H20N2O5/c1-4-12-15(10(3)21)16(17(18(22)23)13(5-2)19-12)11-8-6-7-9-14(11)20(24)25/h6-9,16,19H,4-5H2,1-3H3,(H,22,23). The Morgan fingerprint density at radius 1 is 1.16 bits per heavy atom. The summed E-state index contributed by atoms with van der Waals surface area (Å²) in [4.78, 5) is 35.2. The summed E-state index contributed by atoms with van der Waals surface area (Å²) >= 11 is 0. The number of allylic oxidation sites excluding steroid dienone is 3. The van der Waals surface area contributed by atoms with Crippen molar-refractivity contribution in [3.63, 3.8) is 0 Å². The highest BCUT2D eigenvalue weighted by Crippen LogP contribution is 2.43. The van der Waals surface area contributed by atoms with E-state index in [1.54, 1.807) is 13.0 Å². The SMILES string of the molecule is CCC1=C(C(C)=O)C(c2ccccc2[N+](=O)[O-])C(C(=O)O)=C(CC)N1. The molecule has 132 valence electrons. The van der Waals surface area contributed by atoms with Gasteiger partial charge in [0, 0.05) is 28.6 Å². The summed E-state index contributed by atoms with van der Waals surface area (Å²) in [7, 11) is 0. The number of rotatable bonds is 6. The third kappa shape index (κ3) is 3.31. The predicted octanol–water partition coefficient (Wildman–Crippen LogP) is 3.28. The number of carboxylic acids is 1. The first-order chi connectivity index (χ1) is 11.8. The van der Waals surface area contributed by atoms with Gasteiger partial charge in [0.15, 0.2) is 5.78 Å². The minimum absolute atomic E-state index is 0.0146. The van der Waals surface area contributed by atoms with Crippen LogP contribution in [-0.2, 0) is 9.59 Å². The maximum absolute atomic E-state index is 12.3. The Kier molecular flexibility index (Phi) is 5.36. The minimum atomic E-state index is -1.19. The van der Waals surface area contributed by atoms with E-state index >= 15 is 0 Å². The summed E-state index contributed by atoms with van der Waals surface area (Å²) in [5.74, 6) is -2.47. The summed E-state index contributed by atoms with van der Waals surface area (Å²) in [5.41, 5.74) is 1.35. The summed E-state index contributed by atoms with van der Waals surface area (Å²) in [5, 5.41) is 24.3. The molecule has 25 heavy (non-hydrogen) atoms. The van der Waals surface area contributed by atoms with E-state index in [-0.39, 0.29) is 28.2 Å².